The van der Waals surface area contributed by atoms with E-state index in [9.17, 15) is 14.9 Å². The van der Waals surface area contributed by atoms with Gasteiger partial charge in [0.2, 0.25) is 11.8 Å². The minimum atomic E-state index is -0.317. The molecule has 3 aliphatic rings. The highest BCUT2D eigenvalue weighted by molar-refractivity contribution is 7.18. The molecule has 9 rings (SSSR count). The molecular formula is C43H43N11O3S. The third-order valence-corrected chi connectivity index (χ3v) is 12.5. The lowest BCUT2D eigenvalue weighted by atomic mass is 9.91. The van der Waals surface area contributed by atoms with Gasteiger partial charge in [0.1, 0.15) is 16.9 Å². The van der Waals surface area contributed by atoms with Crippen LogP contribution in [0.3, 0.4) is 0 Å². The van der Waals surface area contributed by atoms with Gasteiger partial charge in [0.25, 0.3) is 0 Å². The van der Waals surface area contributed by atoms with Crippen LogP contribution in [0.1, 0.15) is 55.6 Å². The first kappa shape index (κ1) is 37.3. The van der Waals surface area contributed by atoms with Crippen LogP contribution in [0.5, 0.6) is 0 Å². The number of anilines is 3. The third kappa shape index (κ3) is 7.85. The van der Waals surface area contributed by atoms with Gasteiger partial charge in [-0.15, -0.1) is 10.2 Å². The predicted molar refractivity (Wildman–Crippen MR) is 223 cm³/mol. The van der Waals surface area contributed by atoms with Crippen LogP contribution < -0.4 is 20.4 Å². The van der Waals surface area contributed by atoms with Crippen LogP contribution in [0.2, 0.25) is 0 Å². The average Bonchev–Trinajstić information content (AvgIpc) is 3.93. The van der Waals surface area contributed by atoms with Gasteiger partial charge in [-0.05, 0) is 98.2 Å². The fourth-order valence-corrected chi connectivity index (χ4v) is 9.02. The van der Waals surface area contributed by atoms with E-state index in [-0.39, 0.29) is 23.8 Å². The van der Waals surface area contributed by atoms with Crippen LogP contribution in [0.4, 0.5) is 17.2 Å². The zero-order valence-electron chi connectivity index (χ0n) is 32.2. The summed E-state index contributed by atoms with van der Waals surface area (Å²) >= 11 is 1.55. The molecule has 2 amide bonds. The van der Waals surface area contributed by atoms with E-state index in [4.69, 9.17) is 14.7 Å². The van der Waals surface area contributed by atoms with Gasteiger partial charge in [-0.2, -0.15) is 10.4 Å². The number of rotatable bonds is 10. The molecular weight excluding hydrogens is 751 g/mol. The van der Waals surface area contributed by atoms with Crippen molar-refractivity contribution in [2.45, 2.75) is 50.5 Å². The average molecular weight is 794 g/mol. The number of fused-ring (bicyclic) bond motifs is 1. The van der Waals surface area contributed by atoms with Crippen molar-refractivity contribution in [1.82, 2.24) is 35.1 Å². The summed E-state index contributed by atoms with van der Waals surface area (Å²) in [5.74, 6) is 0.733. The van der Waals surface area contributed by atoms with Gasteiger partial charge >= 0.3 is 0 Å². The summed E-state index contributed by atoms with van der Waals surface area (Å²) in [4.78, 5) is 38.0. The van der Waals surface area contributed by atoms with Gasteiger partial charge < -0.3 is 19.9 Å². The summed E-state index contributed by atoms with van der Waals surface area (Å²) in [6.45, 7) is 4.25. The Hall–Kier alpha value is -6.24. The summed E-state index contributed by atoms with van der Waals surface area (Å²) in [5, 5.41) is 30.9. The number of carbonyl (C=O) groups excluding carboxylic acids is 2. The number of piperidine rings is 2. The predicted octanol–water partition coefficient (Wildman–Crippen LogP) is 6.31. The van der Waals surface area contributed by atoms with Crippen molar-refractivity contribution < 1.29 is 14.3 Å². The van der Waals surface area contributed by atoms with E-state index >= 15 is 0 Å². The van der Waals surface area contributed by atoms with Crippen LogP contribution in [-0.4, -0.2) is 87.5 Å². The minimum absolute atomic E-state index is 0.204. The quantitative estimate of drug-likeness (QED) is 0.149. The number of imide groups is 1. The summed E-state index contributed by atoms with van der Waals surface area (Å²) in [6, 6.07) is 22.7. The number of nitrogens with one attached hydrogen (secondary N) is 2. The van der Waals surface area contributed by atoms with Gasteiger partial charge in [0, 0.05) is 81.7 Å². The molecule has 3 aliphatic heterocycles. The highest BCUT2D eigenvalue weighted by Crippen LogP contribution is 2.37. The second-order valence-corrected chi connectivity index (χ2v) is 16.3. The summed E-state index contributed by atoms with van der Waals surface area (Å²) in [5.41, 5.74) is 7.79. The molecule has 3 fully saturated rings. The van der Waals surface area contributed by atoms with Crippen molar-refractivity contribution in [2.75, 3.05) is 55.0 Å². The van der Waals surface area contributed by atoms with Crippen molar-refractivity contribution in [3.05, 3.63) is 90.4 Å². The standard InChI is InChI=1S/C43H43N11O3S/c1-52(26-27-12-16-53(17-13-27)39-10-4-30(24-46-39)34-8-11-40(55)49-41(34)56)32-5-2-29(3-6-32)42-50-51-43(58-42)35-25-45-37(21-36(35)48-31-14-18-57-19-15-31)38-9-7-33-20-28(22-44)23-47-54(33)38/h2-7,9-10,20-21,23-25,27,31,34H,8,11-19,26H2,1H3,(H,45,48)(H,49,55,56)/t34-/m0/s1. The van der Waals surface area contributed by atoms with Crippen LogP contribution in [0.15, 0.2) is 79.3 Å². The Bertz CT molecular complexity index is 2480. The highest BCUT2D eigenvalue weighted by atomic mass is 32.1. The first-order valence-electron chi connectivity index (χ1n) is 19.8. The first-order valence-corrected chi connectivity index (χ1v) is 20.6. The molecule has 58 heavy (non-hydrogen) atoms. The maximum atomic E-state index is 12.3. The van der Waals surface area contributed by atoms with E-state index in [2.05, 4.69) is 79.2 Å². The van der Waals surface area contributed by atoms with Crippen LogP contribution in [0, 0.1) is 17.2 Å². The first-order chi connectivity index (χ1) is 28.4. The number of nitrogens with zero attached hydrogens (tertiary/aromatic N) is 9. The smallest absolute Gasteiger partial charge is 0.234 e. The normalized spacial score (nSPS) is 17.9. The molecule has 5 aromatic heterocycles. The number of carbonyl (C=O) groups is 2. The lowest BCUT2D eigenvalue weighted by molar-refractivity contribution is -0.134. The molecule has 0 radical (unpaired) electrons. The molecule has 1 aromatic carbocycles. The molecule has 8 heterocycles. The highest BCUT2D eigenvalue weighted by Gasteiger charge is 2.29. The molecule has 6 aromatic rings. The maximum Gasteiger partial charge on any atom is 0.234 e. The van der Waals surface area contributed by atoms with Gasteiger partial charge in [-0.1, -0.05) is 17.4 Å². The van der Waals surface area contributed by atoms with E-state index in [1.807, 2.05) is 36.5 Å². The second kappa shape index (κ2) is 16.3. The third-order valence-electron chi connectivity index (χ3n) is 11.5. The number of benzene rings is 1. The van der Waals surface area contributed by atoms with Crippen molar-refractivity contribution in [3.63, 3.8) is 0 Å². The lowest BCUT2D eigenvalue weighted by Crippen LogP contribution is -2.39. The Morgan fingerprint density at radius 1 is 0.931 bits per heavy atom. The van der Waals surface area contributed by atoms with E-state index in [1.165, 1.54) is 0 Å². The Morgan fingerprint density at radius 2 is 1.74 bits per heavy atom. The van der Waals surface area contributed by atoms with Crippen molar-refractivity contribution in [2.24, 2.45) is 5.92 Å². The van der Waals surface area contributed by atoms with Crippen LogP contribution in [-0.2, 0) is 14.3 Å². The Labute approximate surface area is 339 Å². The van der Waals surface area contributed by atoms with Crippen molar-refractivity contribution >= 4 is 45.9 Å². The van der Waals surface area contributed by atoms with Gasteiger partial charge in [-0.25, -0.2) is 9.50 Å². The zero-order valence-corrected chi connectivity index (χ0v) is 33.0. The molecule has 14 nitrogen and oxygen atoms in total. The molecule has 2 N–H and O–H groups in total. The number of hydrogen-bond donors (Lipinski definition) is 2. The molecule has 0 aliphatic carbocycles. The Morgan fingerprint density at radius 3 is 2.50 bits per heavy atom. The SMILES string of the molecule is CN(CC1CCN(c2ccc([C@@H]3CCC(=O)NC3=O)cn2)CC1)c1ccc(-c2nnc(-c3cnc(-c4ccc5cc(C#N)cnn45)cc3NC3CCOCC3)s2)cc1. The summed E-state index contributed by atoms with van der Waals surface area (Å²) in [7, 11) is 2.15. The number of pyridine rings is 2. The number of ether oxygens (including phenoxy) is 1. The molecule has 294 valence electrons. The van der Waals surface area contributed by atoms with Crippen molar-refractivity contribution in [3.8, 4) is 38.6 Å². The van der Waals surface area contributed by atoms with Crippen LogP contribution in [0.25, 0.3) is 38.0 Å². The summed E-state index contributed by atoms with van der Waals surface area (Å²) in [6.07, 6.45) is 10.1. The molecule has 0 bridgehead atoms. The van der Waals surface area contributed by atoms with Gasteiger partial charge in [0.05, 0.1) is 40.1 Å². The monoisotopic (exact) mass is 793 g/mol. The zero-order chi connectivity index (χ0) is 39.6. The van der Waals surface area contributed by atoms with E-state index < -0.39 is 0 Å². The van der Waals surface area contributed by atoms with E-state index in [1.54, 1.807) is 28.2 Å². The van der Waals surface area contributed by atoms with Crippen LogP contribution >= 0.6 is 11.3 Å². The fourth-order valence-electron chi connectivity index (χ4n) is 8.15. The minimum Gasteiger partial charge on any atom is -0.381 e. The fraction of sp³-hybridized carbons (Fsp3) is 0.349. The van der Waals surface area contributed by atoms with Gasteiger partial charge in [0.15, 0.2) is 5.01 Å². The van der Waals surface area contributed by atoms with E-state index in [0.717, 1.165) is 119 Å². The molecule has 0 spiro atoms. The van der Waals surface area contributed by atoms with Gasteiger partial charge in [-0.3, -0.25) is 19.9 Å². The largest absolute Gasteiger partial charge is 0.381 e. The molecule has 3 saturated heterocycles. The molecule has 0 unspecified atom stereocenters. The summed E-state index contributed by atoms with van der Waals surface area (Å²) < 4.78 is 7.43. The lowest BCUT2D eigenvalue weighted by Gasteiger charge is -2.35. The Kier molecular flexibility index (Phi) is 10.5. The number of aromatic nitrogens is 6. The maximum absolute atomic E-state index is 12.3. The Balaban J connectivity index is 0.845. The number of hydrogen-bond acceptors (Lipinski definition) is 13. The topological polar surface area (TPSA) is 167 Å². The number of nitriles is 1. The second-order valence-electron chi connectivity index (χ2n) is 15.3. The molecule has 0 saturated carbocycles. The molecule has 15 heteroatoms. The molecule has 1 atom stereocenters. The number of amides is 2. The van der Waals surface area contributed by atoms with Crippen molar-refractivity contribution in [1.29, 1.82) is 5.26 Å². The van der Waals surface area contributed by atoms with E-state index in [0.29, 0.717) is 24.3 Å².